The number of aliphatic hydroxyl groups excluding tert-OH is 4. The van der Waals surface area contributed by atoms with Gasteiger partial charge in [-0.3, -0.25) is 18.9 Å². The Labute approximate surface area is 232 Å². The first-order chi connectivity index (χ1) is 19.9. The van der Waals surface area contributed by atoms with Crippen molar-refractivity contribution in [3.05, 3.63) is 35.0 Å². The predicted molar refractivity (Wildman–Crippen MR) is 137 cm³/mol. The average molecular weight is 613 g/mol. The molecule has 6 rings (SSSR count). The summed E-state index contributed by atoms with van der Waals surface area (Å²) < 4.78 is 46.9. The largest absolute Gasteiger partial charge is 0.394 e. The van der Waals surface area contributed by atoms with Crippen molar-refractivity contribution < 1.29 is 48.3 Å². The molecule has 0 saturated carbocycles. The average Bonchev–Trinajstić information content (AvgIpc) is 3.67. The number of hydrogen-bond donors (Lipinski definition) is 8. The number of imidazole rings is 1. The van der Waals surface area contributed by atoms with Crippen molar-refractivity contribution in [2.24, 2.45) is 0 Å². The predicted octanol–water partition coefficient (Wildman–Crippen LogP) is -2.69. The number of nitrogens with one attached hydrogen (secondary N) is 1. The van der Waals surface area contributed by atoms with Crippen LogP contribution in [0.5, 0.6) is 0 Å². The van der Waals surface area contributed by atoms with Gasteiger partial charge in [0.05, 0.1) is 24.9 Å². The SMILES string of the molecule is Nc1nc2c(ncn2[C@@H]2O[C@H](CO)[C@@H](O)[C@H]2P(=O)(O)OC[C@H]2O[C@@H](n3cc(F)c4c(N)ncnc43)[C@H](O)[C@@H]2O)c(=O)[nH]1. The number of H-pyrrole nitrogens is 1. The molecule has 19 nitrogen and oxygen atoms in total. The fraction of sp³-hybridized carbons (Fsp3) is 0.476. The summed E-state index contributed by atoms with van der Waals surface area (Å²) in [5.41, 5.74) is 8.56. The number of rotatable bonds is 7. The zero-order valence-electron chi connectivity index (χ0n) is 21.2. The molecule has 2 saturated heterocycles. The lowest BCUT2D eigenvalue weighted by Gasteiger charge is -2.27. The van der Waals surface area contributed by atoms with E-state index in [0.717, 1.165) is 28.0 Å². The van der Waals surface area contributed by atoms with Crippen LogP contribution in [0.1, 0.15) is 12.5 Å². The third-order valence-corrected chi connectivity index (χ3v) is 9.08. The first-order valence-electron chi connectivity index (χ1n) is 12.3. The fourth-order valence-corrected chi connectivity index (χ4v) is 6.86. The van der Waals surface area contributed by atoms with Gasteiger partial charge in [-0.1, -0.05) is 0 Å². The summed E-state index contributed by atoms with van der Waals surface area (Å²) in [6.07, 6.45) is -7.63. The summed E-state index contributed by atoms with van der Waals surface area (Å²) in [5, 5.41) is 41.7. The first-order valence-corrected chi connectivity index (χ1v) is 14.0. The molecule has 42 heavy (non-hydrogen) atoms. The Balaban J connectivity index is 1.26. The molecule has 0 bridgehead atoms. The number of anilines is 2. The summed E-state index contributed by atoms with van der Waals surface area (Å²) in [5.74, 6) is -1.25. The van der Waals surface area contributed by atoms with Crippen LogP contribution in [-0.4, -0.2) is 109 Å². The van der Waals surface area contributed by atoms with Crippen LogP contribution in [0.3, 0.4) is 0 Å². The molecule has 0 aromatic carbocycles. The van der Waals surface area contributed by atoms with E-state index < -0.39 is 80.8 Å². The van der Waals surface area contributed by atoms with Gasteiger partial charge in [-0.05, 0) is 0 Å². The molecule has 6 heterocycles. The fourth-order valence-electron chi connectivity index (χ4n) is 5.21. The van der Waals surface area contributed by atoms with Gasteiger partial charge in [-0.15, -0.1) is 0 Å². The second kappa shape index (κ2) is 10.3. The van der Waals surface area contributed by atoms with Crippen molar-refractivity contribution in [2.45, 2.75) is 48.6 Å². The molecular formula is C21H25FN9O10P. The zero-order valence-corrected chi connectivity index (χ0v) is 22.1. The molecule has 10 N–H and O–H groups in total. The molecule has 2 aliphatic heterocycles. The Morgan fingerprint density at radius 3 is 2.52 bits per heavy atom. The number of nitrogen functional groups attached to an aromatic ring is 2. The molecule has 21 heteroatoms. The van der Waals surface area contributed by atoms with Crippen molar-refractivity contribution in [1.82, 2.24) is 34.1 Å². The lowest BCUT2D eigenvalue weighted by Crippen LogP contribution is -2.36. The van der Waals surface area contributed by atoms with Crippen LogP contribution in [0.15, 0.2) is 23.6 Å². The Hall–Kier alpha value is -3.59. The van der Waals surface area contributed by atoms with Gasteiger partial charge in [0, 0.05) is 6.20 Å². The highest BCUT2D eigenvalue weighted by atomic mass is 31.2. The van der Waals surface area contributed by atoms with Crippen LogP contribution in [0.4, 0.5) is 16.2 Å². The third kappa shape index (κ3) is 4.44. The number of aromatic nitrogens is 7. The second-order valence-corrected chi connectivity index (χ2v) is 11.7. The molecule has 4 aromatic rings. The van der Waals surface area contributed by atoms with Crippen molar-refractivity contribution in [2.75, 3.05) is 24.7 Å². The van der Waals surface area contributed by atoms with E-state index >= 15 is 0 Å². The van der Waals surface area contributed by atoms with Crippen LogP contribution in [0, 0.1) is 5.82 Å². The van der Waals surface area contributed by atoms with E-state index in [-0.39, 0.29) is 34.0 Å². The summed E-state index contributed by atoms with van der Waals surface area (Å²) in [4.78, 5) is 41.1. The standard InChI is InChI=1S/C21H25FN9O10P/c22-6-1-30(16-9(6)15(23)25-4-26-16)19-13(35)11(33)8(41-19)3-39-42(37,38)14-12(34)7(2-32)40-20(14)31-5-27-10-17(31)28-21(24)29-18(10)36/h1,4-5,7-8,11-14,19-20,32-35H,2-3H2,(H,37,38)(H2,23,25,26)(H3,24,28,29,36)/t7-,8-,11-,12-,13-,14-,19-,20-/m1/s1. The van der Waals surface area contributed by atoms with E-state index in [1.807, 2.05) is 0 Å². The maximum Gasteiger partial charge on any atom is 0.338 e. The summed E-state index contributed by atoms with van der Waals surface area (Å²) in [6.45, 7) is -1.53. The first kappa shape index (κ1) is 28.5. The summed E-state index contributed by atoms with van der Waals surface area (Å²) >= 11 is 0. The van der Waals surface area contributed by atoms with E-state index in [1.54, 1.807) is 0 Å². The number of nitrogens with zero attached hydrogens (tertiary/aromatic N) is 6. The molecular weight excluding hydrogens is 588 g/mol. The lowest BCUT2D eigenvalue weighted by molar-refractivity contribution is -0.0496. The molecule has 2 fully saturated rings. The monoisotopic (exact) mass is 613 g/mol. The van der Waals surface area contributed by atoms with Gasteiger partial charge in [0.2, 0.25) is 5.95 Å². The number of halogens is 1. The number of aliphatic hydroxyl groups is 4. The van der Waals surface area contributed by atoms with E-state index in [1.165, 1.54) is 0 Å². The highest BCUT2D eigenvalue weighted by molar-refractivity contribution is 7.53. The lowest BCUT2D eigenvalue weighted by atomic mass is 10.1. The van der Waals surface area contributed by atoms with E-state index in [0.29, 0.717) is 0 Å². The minimum Gasteiger partial charge on any atom is -0.394 e. The van der Waals surface area contributed by atoms with Gasteiger partial charge in [0.15, 0.2) is 35.1 Å². The maximum absolute atomic E-state index is 14.5. The number of ether oxygens (including phenoxy) is 2. The molecule has 9 atom stereocenters. The van der Waals surface area contributed by atoms with Crippen molar-refractivity contribution in [1.29, 1.82) is 0 Å². The zero-order chi connectivity index (χ0) is 30.1. The minimum atomic E-state index is -4.93. The van der Waals surface area contributed by atoms with Crippen LogP contribution in [-0.2, 0) is 18.6 Å². The number of aromatic amines is 1. The van der Waals surface area contributed by atoms with Gasteiger partial charge in [-0.25, -0.2) is 19.3 Å². The van der Waals surface area contributed by atoms with Crippen molar-refractivity contribution in [3.8, 4) is 0 Å². The molecule has 4 aromatic heterocycles. The van der Waals surface area contributed by atoms with Crippen molar-refractivity contribution in [3.63, 3.8) is 0 Å². The highest BCUT2D eigenvalue weighted by Gasteiger charge is 2.56. The number of hydrogen-bond acceptors (Lipinski definition) is 15. The van der Waals surface area contributed by atoms with E-state index in [9.17, 15) is 39.1 Å². The van der Waals surface area contributed by atoms with Crippen LogP contribution in [0.2, 0.25) is 0 Å². The normalized spacial score (nSPS) is 31.3. The summed E-state index contributed by atoms with van der Waals surface area (Å²) in [6, 6.07) is 0. The van der Waals surface area contributed by atoms with Gasteiger partial charge < -0.3 is 55.4 Å². The van der Waals surface area contributed by atoms with Gasteiger partial charge in [0.1, 0.15) is 48.3 Å². The smallest absolute Gasteiger partial charge is 0.338 e. The molecule has 0 aliphatic carbocycles. The van der Waals surface area contributed by atoms with Crippen LogP contribution >= 0.6 is 7.60 Å². The Morgan fingerprint density at radius 2 is 1.79 bits per heavy atom. The van der Waals surface area contributed by atoms with Crippen LogP contribution in [0.25, 0.3) is 22.2 Å². The Morgan fingerprint density at radius 1 is 1.05 bits per heavy atom. The second-order valence-electron chi connectivity index (χ2n) is 9.75. The quantitative estimate of drug-likeness (QED) is 0.0984. The van der Waals surface area contributed by atoms with Gasteiger partial charge >= 0.3 is 7.60 Å². The highest BCUT2D eigenvalue weighted by Crippen LogP contribution is 2.57. The summed E-state index contributed by atoms with van der Waals surface area (Å²) in [7, 11) is -4.93. The van der Waals surface area contributed by atoms with Crippen molar-refractivity contribution >= 4 is 41.6 Å². The van der Waals surface area contributed by atoms with Gasteiger partial charge in [0.25, 0.3) is 5.56 Å². The number of fused-ring (bicyclic) bond motifs is 2. The molecule has 0 radical (unpaired) electrons. The third-order valence-electron chi connectivity index (χ3n) is 7.25. The molecule has 2 aliphatic rings. The Bertz CT molecular complexity index is 1770. The topological polar surface area (TPSA) is 292 Å². The van der Waals surface area contributed by atoms with Crippen LogP contribution < -0.4 is 17.0 Å². The van der Waals surface area contributed by atoms with E-state index in [2.05, 4.69) is 24.9 Å². The van der Waals surface area contributed by atoms with E-state index in [4.69, 9.17) is 25.5 Å². The minimum absolute atomic E-state index is 0.0320. The molecule has 1 unspecified atom stereocenters. The molecule has 0 spiro atoms. The maximum atomic E-state index is 14.5. The van der Waals surface area contributed by atoms with Gasteiger partial charge in [-0.2, -0.15) is 4.98 Å². The molecule has 226 valence electrons. The molecule has 0 amide bonds. The number of nitrogens with two attached hydrogens (primary N) is 2. The Kier molecular flexibility index (Phi) is 6.99.